The molecular formula is C14H10N2OS. The first-order valence-electron chi connectivity index (χ1n) is 5.48. The van der Waals surface area contributed by atoms with Gasteiger partial charge in [-0.15, -0.1) is 11.3 Å². The summed E-state index contributed by atoms with van der Waals surface area (Å²) in [5.41, 5.74) is 2.83. The van der Waals surface area contributed by atoms with E-state index in [1.54, 1.807) is 35.9 Å². The number of thiazole rings is 1. The van der Waals surface area contributed by atoms with Gasteiger partial charge >= 0.3 is 0 Å². The quantitative estimate of drug-likeness (QED) is 0.760. The van der Waals surface area contributed by atoms with Crippen LogP contribution in [0.1, 0.15) is 0 Å². The van der Waals surface area contributed by atoms with Crippen molar-refractivity contribution in [3.05, 3.63) is 54.2 Å². The molecule has 0 amide bonds. The van der Waals surface area contributed by atoms with Crippen molar-refractivity contribution in [3.63, 3.8) is 0 Å². The predicted octanol–water partition coefficient (Wildman–Crippen LogP) is 3.58. The molecule has 0 saturated heterocycles. The third-order valence-corrected chi connectivity index (χ3v) is 3.45. The zero-order chi connectivity index (χ0) is 12.4. The van der Waals surface area contributed by atoms with E-state index in [-0.39, 0.29) is 5.75 Å². The van der Waals surface area contributed by atoms with Crippen LogP contribution >= 0.6 is 11.3 Å². The van der Waals surface area contributed by atoms with Gasteiger partial charge in [-0.05, 0) is 24.3 Å². The van der Waals surface area contributed by atoms with Gasteiger partial charge in [-0.1, -0.05) is 12.1 Å². The molecule has 4 heteroatoms. The van der Waals surface area contributed by atoms with Gasteiger partial charge in [-0.3, -0.25) is 4.98 Å². The van der Waals surface area contributed by atoms with Gasteiger partial charge in [0.05, 0.1) is 5.69 Å². The average Bonchev–Trinajstić information content (AvgIpc) is 2.89. The average molecular weight is 254 g/mol. The van der Waals surface area contributed by atoms with Crippen LogP contribution in [0.15, 0.2) is 54.2 Å². The van der Waals surface area contributed by atoms with Gasteiger partial charge in [0, 0.05) is 28.9 Å². The monoisotopic (exact) mass is 254 g/mol. The number of nitrogens with zero attached hydrogens (tertiary/aromatic N) is 2. The van der Waals surface area contributed by atoms with Gasteiger partial charge in [0.1, 0.15) is 10.8 Å². The molecule has 88 valence electrons. The zero-order valence-corrected chi connectivity index (χ0v) is 10.3. The number of aromatic nitrogens is 2. The summed E-state index contributed by atoms with van der Waals surface area (Å²) in [5, 5.41) is 12.4. The molecule has 3 aromatic rings. The lowest BCUT2D eigenvalue weighted by atomic mass is 10.2. The Bertz CT molecular complexity index is 664. The number of hydrogen-bond acceptors (Lipinski definition) is 4. The van der Waals surface area contributed by atoms with Crippen LogP contribution in [0.4, 0.5) is 0 Å². The third kappa shape index (κ3) is 2.10. The van der Waals surface area contributed by atoms with E-state index in [9.17, 15) is 5.11 Å². The van der Waals surface area contributed by atoms with E-state index in [1.165, 1.54) is 0 Å². The highest BCUT2D eigenvalue weighted by atomic mass is 32.1. The van der Waals surface area contributed by atoms with Gasteiger partial charge in [0.25, 0.3) is 0 Å². The summed E-state index contributed by atoms with van der Waals surface area (Å²) in [4.78, 5) is 8.64. The second-order valence-electron chi connectivity index (χ2n) is 3.83. The van der Waals surface area contributed by atoms with Crippen molar-refractivity contribution in [3.8, 4) is 27.6 Å². The van der Waals surface area contributed by atoms with Gasteiger partial charge in [0.15, 0.2) is 0 Å². The molecule has 0 saturated carbocycles. The molecule has 0 unspecified atom stereocenters. The lowest BCUT2D eigenvalue weighted by Crippen LogP contribution is -1.80. The first kappa shape index (κ1) is 10.9. The van der Waals surface area contributed by atoms with Crippen LogP contribution in [0, 0.1) is 0 Å². The van der Waals surface area contributed by atoms with Crippen molar-refractivity contribution in [2.45, 2.75) is 0 Å². The minimum atomic E-state index is 0.255. The predicted molar refractivity (Wildman–Crippen MR) is 72.4 cm³/mol. The van der Waals surface area contributed by atoms with E-state index < -0.39 is 0 Å². The zero-order valence-electron chi connectivity index (χ0n) is 9.45. The van der Waals surface area contributed by atoms with Crippen LogP contribution in [-0.2, 0) is 0 Å². The molecule has 1 aromatic carbocycles. The summed E-state index contributed by atoms with van der Waals surface area (Å²) in [5.74, 6) is 0.255. The fourth-order valence-corrected chi connectivity index (χ4v) is 2.52. The second-order valence-corrected chi connectivity index (χ2v) is 4.69. The molecule has 0 fully saturated rings. The maximum absolute atomic E-state index is 9.47. The fraction of sp³-hybridized carbons (Fsp3) is 0. The smallest absolute Gasteiger partial charge is 0.124 e. The largest absolute Gasteiger partial charge is 0.508 e. The van der Waals surface area contributed by atoms with Crippen molar-refractivity contribution < 1.29 is 5.11 Å². The third-order valence-electron chi connectivity index (χ3n) is 2.55. The number of phenolic OH excluding ortho intramolecular Hbond substituents is 1. The Morgan fingerprint density at radius 2 is 1.94 bits per heavy atom. The van der Waals surface area contributed by atoms with Gasteiger partial charge in [-0.25, -0.2) is 4.98 Å². The van der Waals surface area contributed by atoms with Crippen LogP contribution in [-0.4, -0.2) is 15.1 Å². The molecule has 0 atom stereocenters. The summed E-state index contributed by atoms with van der Waals surface area (Å²) in [6.45, 7) is 0. The van der Waals surface area contributed by atoms with Gasteiger partial charge < -0.3 is 5.11 Å². The molecule has 0 radical (unpaired) electrons. The number of pyridine rings is 1. The Balaban J connectivity index is 2.00. The van der Waals surface area contributed by atoms with Crippen LogP contribution in [0.2, 0.25) is 0 Å². The number of rotatable bonds is 2. The van der Waals surface area contributed by atoms with E-state index in [1.807, 2.05) is 29.6 Å². The Labute approximate surface area is 108 Å². The van der Waals surface area contributed by atoms with E-state index in [4.69, 9.17) is 0 Å². The van der Waals surface area contributed by atoms with Crippen LogP contribution in [0.3, 0.4) is 0 Å². The molecule has 18 heavy (non-hydrogen) atoms. The highest BCUT2D eigenvalue weighted by molar-refractivity contribution is 7.13. The number of hydrogen-bond donors (Lipinski definition) is 1. The first-order chi connectivity index (χ1) is 8.83. The normalized spacial score (nSPS) is 10.4. The van der Waals surface area contributed by atoms with Crippen molar-refractivity contribution in [1.82, 2.24) is 9.97 Å². The van der Waals surface area contributed by atoms with E-state index in [0.717, 1.165) is 21.8 Å². The fourth-order valence-electron chi connectivity index (χ4n) is 1.69. The van der Waals surface area contributed by atoms with Gasteiger partial charge in [0.2, 0.25) is 0 Å². The van der Waals surface area contributed by atoms with E-state index in [2.05, 4.69) is 9.97 Å². The molecule has 3 nitrogen and oxygen atoms in total. The first-order valence-corrected chi connectivity index (χ1v) is 6.36. The summed E-state index contributed by atoms with van der Waals surface area (Å²) < 4.78 is 0. The topological polar surface area (TPSA) is 46.0 Å². The van der Waals surface area contributed by atoms with Crippen molar-refractivity contribution in [2.75, 3.05) is 0 Å². The van der Waals surface area contributed by atoms with Crippen LogP contribution in [0.5, 0.6) is 5.75 Å². The molecule has 2 heterocycles. The van der Waals surface area contributed by atoms with Crippen LogP contribution < -0.4 is 0 Å². The molecular weight excluding hydrogens is 244 g/mol. The minimum Gasteiger partial charge on any atom is -0.508 e. The van der Waals surface area contributed by atoms with E-state index in [0.29, 0.717) is 0 Å². The van der Waals surface area contributed by atoms with Crippen LogP contribution in [0.25, 0.3) is 21.8 Å². The molecule has 2 aromatic heterocycles. The molecule has 0 aliphatic carbocycles. The lowest BCUT2D eigenvalue weighted by molar-refractivity contribution is 0.475. The molecule has 0 aliphatic heterocycles. The van der Waals surface area contributed by atoms with Gasteiger partial charge in [-0.2, -0.15) is 0 Å². The summed E-state index contributed by atoms with van der Waals surface area (Å²) in [6.07, 6.45) is 3.54. The Hall–Kier alpha value is -2.20. The van der Waals surface area contributed by atoms with E-state index >= 15 is 0 Å². The number of aromatic hydroxyl groups is 1. The Kier molecular flexibility index (Phi) is 2.78. The number of benzene rings is 1. The maximum Gasteiger partial charge on any atom is 0.124 e. The summed E-state index contributed by atoms with van der Waals surface area (Å²) in [6, 6.07) is 11.0. The lowest BCUT2D eigenvalue weighted by Gasteiger charge is -1.97. The van der Waals surface area contributed by atoms with Crippen molar-refractivity contribution >= 4 is 11.3 Å². The van der Waals surface area contributed by atoms with Crippen molar-refractivity contribution in [1.29, 1.82) is 0 Å². The Morgan fingerprint density at radius 1 is 1.06 bits per heavy atom. The second kappa shape index (κ2) is 4.58. The molecule has 0 aliphatic rings. The highest BCUT2D eigenvalue weighted by Gasteiger charge is 2.06. The number of phenols is 1. The molecule has 3 rings (SSSR count). The molecule has 1 N–H and O–H groups in total. The summed E-state index contributed by atoms with van der Waals surface area (Å²) in [7, 11) is 0. The SMILES string of the molecule is Oc1cccc(-c2nc(-c3cccnc3)cs2)c1. The summed E-state index contributed by atoms with van der Waals surface area (Å²) >= 11 is 1.56. The minimum absolute atomic E-state index is 0.255. The highest BCUT2D eigenvalue weighted by Crippen LogP contribution is 2.29. The maximum atomic E-state index is 9.47. The molecule has 0 spiro atoms. The standard InChI is InChI=1S/C14H10N2OS/c17-12-5-1-3-10(7-12)14-16-13(9-18-14)11-4-2-6-15-8-11/h1-9,17H. The molecule has 0 bridgehead atoms. The Morgan fingerprint density at radius 3 is 2.72 bits per heavy atom. The van der Waals surface area contributed by atoms with Crippen molar-refractivity contribution in [2.24, 2.45) is 0 Å².